The molecule has 1 aliphatic carbocycles. The minimum atomic E-state index is -0.954. The number of rotatable bonds is 5. The van der Waals surface area contributed by atoms with Crippen molar-refractivity contribution in [1.82, 2.24) is 0 Å². The summed E-state index contributed by atoms with van der Waals surface area (Å²) < 4.78 is 5.28. The molecular formula is C19H19NO4S. The Balaban J connectivity index is 1.64. The predicted molar refractivity (Wildman–Crippen MR) is 96.3 cm³/mol. The van der Waals surface area contributed by atoms with Gasteiger partial charge in [-0.2, -0.15) is 0 Å². The summed E-state index contributed by atoms with van der Waals surface area (Å²) in [5.41, 5.74) is 2.05. The van der Waals surface area contributed by atoms with E-state index in [-0.39, 0.29) is 5.78 Å². The Hall–Kier alpha value is -2.47. The monoisotopic (exact) mass is 357 g/mol. The van der Waals surface area contributed by atoms with Gasteiger partial charge in [0, 0.05) is 10.4 Å². The first-order valence-electron chi connectivity index (χ1n) is 8.19. The van der Waals surface area contributed by atoms with E-state index in [0.717, 1.165) is 19.3 Å². The van der Waals surface area contributed by atoms with E-state index in [1.165, 1.54) is 35.6 Å². The van der Waals surface area contributed by atoms with Crippen molar-refractivity contribution < 1.29 is 19.1 Å². The predicted octanol–water partition coefficient (Wildman–Crippen LogP) is 3.62. The lowest BCUT2D eigenvalue weighted by atomic mass is 10.1. The number of para-hydroxylation sites is 1. The zero-order chi connectivity index (χ0) is 18.0. The Morgan fingerprint density at radius 2 is 1.96 bits per heavy atom. The van der Waals surface area contributed by atoms with Gasteiger partial charge >= 0.3 is 5.97 Å². The van der Waals surface area contributed by atoms with Crippen LogP contribution in [0.2, 0.25) is 0 Å². The van der Waals surface area contributed by atoms with E-state index in [1.54, 1.807) is 24.3 Å². The number of fused-ring (bicyclic) bond motifs is 1. The maximum atomic E-state index is 12.3. The molecule has 0 aliphatic heterocycles. The number of benzene rings is 1. The summed E-state index contributed by atoms with van der Waals surface area (Å²) >= 11 is 1.44. The molecule has 0 fully saturated rings. The van der Waals surface area contributed by atoms with Gasteiger partial charge in [0.15, 0.2) is 11.9 Å². The molecular weight excluding hydrogens is 338 g/mol. The Labute approximate surface area is 150 Å². The summed E-state index contributed by atoms with van der Waals surface area (Å²) in [5, 5.41) is 2.65. The molecule has 0 radical (unpaired) electrons. The van der Waals surface area contributed by atoms with Crippen molar-refractivity contribution in [1.29, 1.82) is 0 Å². The van der Waals surface area contributed by atoms with Crippen LogP contribution in [0.3, 0.4) is 0 Å². The van der Waals surface area contributed by atoms with Crippen molar-refractivity contribution >= 4 is 34.7 Å². The summed E-state index contributed by atoms with van der Waals surface area (Å²) in [4.78, 5) is 37.9. The Morgan fingerprint density at radius 1 is 1.20 bits per heavy atom. The zero-order valence-electron chi connectivity index (χ0n) is 14.1. The number of ketones is 1. The van der Waals surface area contributed by atoms with Crippen LogP contribution in [0.5, 0.6) is 0 Å². The summed E-state index contributed by atoms with van der Waals surface area (Å²) in [6.45, 7) is 2.95. The molecule has 5 nitrogen and oxygen atoms in total. The third-order valence-corrected chi connectivity index (χ3v) is 5.38. The van der Waals surface area contributed by atoms with Gasteiger partial charge in [-0.1, -0.05) is 12.1 Å². The number of aryl methyl sites for hydroxylation is 2. The maximum Gasteiger partial charge on any atom is 0.349 e. The summed E-state index contributed by atoms with van der Waals surface area (Å²) in [6.07, 6.45) is 2.18. The second kappa shape index (κ2) is 7.19. The molecule has 130 valence electrons. The summed E-state index contributed by atoms with van der Waals surface area (Å²) in [6, 6.07) is 8.61. The molecule has 0 spiro atoms. The van der Waals surface area contributed by atoms with Crippen LogP contribution in [-0.2, 0) is 22.4 Å². The Bertz CT molecular complexity index is 818. The summed E-state index contributed by atoms with van der Waals surface area (Å²) in [5.74, 6) is -1.10. The van der Waals surface area contributed by atoms with E-state index in [0.29, 0.717) is 16.1 Å². The molecule has 0 bridgehead atoms. The number of hydrogen-bond acceptors (Lipinski definition) is 5. The lowest BCUT2D eigenvalue weighted by Gasteiger charge is -2.14. The molecule has 1 aromatic carbocycles. The highest BCUT2D eigenvalue weighted by Crippen LogP contribution is 2.31. The fourth-order valence-electron chi connectivity index (χ4n) is 2.84. The number of ether oxygens (including phenoxy) is 1. The van der Waals surface area contributed by atoms with Gasteiger partial charge in [0.05, 0.1) is 5.69 Å². The molecule has 25 heavy (non-hydrogen) atoms. The van der Waals surface area contributed by atoms with Crippen molar-refractivity contribution in [2.75, 3.05) is 5.32 Å². The Morgan fingerprint density at radius 3 is 2.68 bits per heavy atom. The highest BCUT2D eigenvalue weighted by molar-refractivity contribution is 7.14. The van der Waals surface area contributed by atoms with E-state index < -0.39 is 18.0 Å². The first kappa shape index (κ1) is 17.4. The highest BCUT2D eigenvalue weighted by Gasteiger charge is 2.24. The number of amides is 1. The number of esters is 1. The third kappa shape index (κ3) is 3.79. The first-order valence-corrected chi connectivity index (χ1v) is 9.00. The Kier molecular flexibility index (Phi) is 4.99. The second-order valence-corrected chi connectivity index (χ2v) is 7.19. The molecule has 0 saturated heterocycles. The van der Waals surface area contributed by atoms with Crippen LogP contribution in [-0.4, -0.2) is 23.8 Å². The third-order valence-electron chi connectivity index (χ3n) is 4.17. The molecule has 0 saturated carbocycles. The fourth-order valence-corrected chi connectivity index (χ4v) is 3.97. The molecule has 3 rings (SSSR count). The van der Waals surface area contributed by atoms with Crippen LogP contribution < -0.4 is 5.32 Å². The van der Waals surface area contributed by atoms with Gasteiger partial charge in [-0.25, -0.2) is 4.79 Å². The van der Waals surface area contributed by atoms with Gasteiger partial charge in [-0.05, 0) is 56.9 Å². The average Bonchev–Trinajstić information content (AvgIpc) is 3.16. The lowest BCUT2D eigenvalue weighted by Crippen LogP contribution is -2.30. The molecule has 6 heteroatoms. The van der Waals surface area contributed by atoms with Crippen molar-refractivity contribution in [3.63, 3.8) is 0 Å². The van der Waals surface area contributed by atoms with E-state index in [4.69, 9.17) is 4.74 Å². The van der Waals surface area contributed by atoms with E-state index >= 15 is 0 Å². The van der Waals surface area contributed by atoms with E-state index in [2.05, 4.69) is 5.32 Å². The molecule has 1 N–H and O–H groups in total. The quantitative estimate of drug-likeness (QED) is 0.655. The largest absolute Gasteiger partial charge is 0.448 e. The number of hydrogen-bond donors (Lipinski definition) is 1. The molecule has 1 aliphatic rings. The van der Waals surface area contributed by atoms with Gasteiger partial charge < -0.3 is 10.1 Å². The van der Waals surface area contributed by atoms with Crippen LogP contribution in [0, 0.1) is 0 Å². The molecule has 0 unspecified atom stereocenters. The zero-order valence-corrected chi connectivity index (χ0v) is 14.9. The van der Waals surface area contributed by atoms with Crippen molar-refractivity contribution in [2.45, 2.75) is 39.2 Å². The van der Waals surface area contributed by atoms with Crippen molar-refractivity contribution in [3.05, 3.63) is 51.2 Å². The van der Waals surface area contributed by atoms with E-state index in [9.17, 15) is 14.4 Å². The number of anilines is 1. The van der Waals surface area contributed by atoms with Gasteiger partial charge in [-0.3, -0.25) is 9.59 Å². The molecule has 1 aromatic heterocycles. The van der Waals surface area contributed by atoms with Gasteiger partial charge in [0.25, 0.3) is 5.91 Å². The lowest BCUT2D eigenvalue weighted by molar-refractivity contribution is -0.123. The number of carbonyl (C=O) groups is 3. The minimum absolute atomic E-state index is 0.145. The van der Waals surface area contributed by atoms with Gasteiger partial charge in [0.1, 0.15) is 4.88 Å². The second-order valence-electron chi connectivity index (χ2n) is 6.05. The fraction of sp³-hybridized carbons (Fsp3) is 0.316. The molecule has 1 amide bonds. The topological polar surface area (TPSA) is 72.5 Å². The van der Waals surface area contributed by atoms with Crippen molar-refractivity contribution in [3.8, 4) is 0 Å². The number of carbonyl (C=O) groups excluding carboxylic acids is 3. The highest BCUT2D eigenvalue weighted by atomic mass is 32.1. The maximum absolute atomic E-state index is 12.3. The van der Waals surface area contributed by atoms with Crippen LogP contribution in [0.1, 0.15) is 50.7 Å². The summed E-state index contributed by atoms with van der Waals surface area (Å²) in [7, 11) is 0. The molecule has 1 atom stereocenters. The van der Waals surface area contributed by atoms with E-state index in [1.807, 2.05) is 6.07 Å². The average molecular weight is 357 g/mol. The standard InChI is InChI=1S/C19H19NO4S/c1-11(21)14-7-3-4-8-15(14)20-18(22)12(2)24-19(23)17-10-13-6-5-9-16(13)25-17/h3-4,7-8,10,12H,5-6,9H2,1-2H3,(H,20,22)/t12-/m0/s1. The van der Waals surface area contributed by atoms with Gasteiger partial charge in [0.2, 0.25) is 0 Å². The normalized spacial score (nSPS) is 13.8. The van der Waals surface area contributed by atoms with Crippen LogP contribution >= 0.6 is 11.3 Å². The minimum Gasteiger partial charge on any atom is -0.448 e. The van der Waals surface area contributed by atoms with Crippen LogP contribution in [0.4, 0.5) is 5.69 Å². The first-order chi connectivity index (χ1) is 12.0. The number of Topliss-reactive ketones (excluding diaryl/α,β-unsaturated/α-hetero) is 1. The van der Waals surface area contributed by atoms with Crippen LogP contribution in [0.25, 0.3) is 0 Å². The SMILES string of the molecule is CC(=O)c1ccccc1NC(=O)[C@H](C)OC(=O)c1cc2c(s1)CCC2. The van der Waals surface area contributed by atoms with Gasteiger partial charge in [-0.15, -0.1) is 11.3 Å². The number of nitrogens with one attached hydrogen (secondary N) is 1. The van der Waals surface area contributed by atoms with Crippen LogP contribution in [0.15, 0.2) is 30.3 Å². The van der Waals surface area contributed by atoms with Crippen molar-refractivity contribution in [2.24, 2.45) is 0 Å². The number of thiophene rings is 1. The molecule has 1 heterocycles. The molecule has 2 aromatic rings. The smallest absolute Gasteiger partial charge is 0.349 e.